The molecule has 0 saturated carbocycles. The van der Waals surface area contributed by atoms with Gasteiger partial charge in [0.1, 0.15) is 0 Å². The average molecular weight is 312 g/mol. The summed E-state index contributed by atoms with van der Waals surface area (Å²) in [6, 6.07) is 23.4. The van der Waals surface area contributed by atoms with E-state index in [0.717, 1.165) is 17.6 Å². The first kappa shape index (κ1) is 14.7. The monoisotopic (exact) mass is 312 g/mol. The van der Waals surface area contributed by atoms with Crippen LogP contribution >= 0.6 is 0 Å². The minimum Gasteiger partial charge on any atom is -0.385 e. The number of aryl methyl sites for hydroxylation is 1. The predicted octanol–water partition coefficient (Wildman–Crippen LogP) is 5.80. The Kier molecular flexibility index (Phi) is 3.66. The van der Waals surface area contributed by atoms with Crippen molar-refractivity contribution in [3.05, 3.63) is 72.3 Å². The third-order valence-corrected chi connectivity index (χ3v) is 4.46. The van der Waals surface area contributed by atoms with Crippen LogP contribution in [0.25, 0.3) is 32.9 Å². The molecule has 0 atom stereocenters. The molecule has 1 aromatic heterocycles. The minimum atomic E-state index is 0.930. The van der Waals surface area contributed by atoms with Crippen molar-refractivity contribution < 1.29 is 0 Å². The van der Waals surface area contributed by atoms with E-state index in [2.05, 4.69) is 85.9 Å². The highest BCUT2D eigenvalue weighted by molar-refractivity contribution is 6.10. The normalized spacial score (nSPS) is 11.1. The number of anilines is 1. The number of pyridine rings is 1. The topological polar surface area (TPSA) is 24.9 Å². The van der Waals surface area contributed by atoms with E-state index in [1.54, 1.807) is 0 Å². The number of para-hydroxylation sites is 2. The maximum atomic E-state index is 4.83. The first-order valence-corrected chi connectivity index (χ1v) is 8.40. The first-order chi connectivity index (χ1) is 11.8. The van der Waals surface area contributed by atoms with Gasteiger partial charge in [0.25, 0.3) is 0 Å². The van der Waals surface area contributed by atoms with Crippen LogP contribution in [0.3, 0.4) is 0 Å². The van der Waals surface area contributed by atoms with E-state index in [0.29, 0.717) is 0 Å². The summed E-state index contributed by atoms with van der Waals surface area (Å²) < 4.78 is 0. The molecule has 0 aliphatic rings. The molecule has 0 aliphatic carbocycles. The van der Waals surface area contributed by atoms with Gasteiger partial charge in [-0.05, 0) is 49.2 Å². The van der Waals surface area contributed by atoms with E-state index in [4.69, 9.17) is 4.98 Å². The Hall–Kier alpha value is -2.87. The van der Waals surface area contributed by atoms with Crippen molar-refractivity contribution >= 4 is 27.5 Å². The van der Waals surface area contributed by atoms with Crippen LogP contribution in [0.15, 0.2) is 66.7 Å². The molecule has 0 radical (unpaired) electrons. The SMILES string of the molecule is CCNc1ccc(-c2c3ccccc3nc3ccccc23)c(C)c1. The molecule has 0 unspecified atom stereocenters. The molecular formula is C22H20N2. The molecule has 3 aromatic carbocycles. The third-order valence-electron chi connectivity index (χ3n) is 4.46. The highest BCUT2D eigenvalue weighted by atomic mass is 14.8. The predicted molar refractivity (Wildman–Crippen MR) is 104 cm³/mol. The molecule has 2 heteroatoms. The maximum Gasteiger partial charge on any atom is 0.0715 e. The van der Waals surface area contributed by atoms with Gasteiger partial charge in [0.15, 0.2) is 0 Å². The lowest BCUT2D eigenvalue weighted by molar-refractivity contribution is 1.21. The minimum absolute atomic E-state index is 0.930. The molecule has 0 fully saturated rings. The van der Waals surface area contributed by atoms with E-state index in [1.165, 1.54) is 33.2 Å². The lowest BCUT2D eigenvalue weighted by atomic mass is 9.93. The van der Waals surface area contributed by atoms with Crippen LogP contribution in [0, 0.1) is 6.92 Å². The summed E-state index contributed by atoms with van der Waals surface area (Å²) in [5.74, 6) is 0. The molecule has 0 aliphatic heterocycles. The van der Waals surface area contributed by atoms with Crippen LogP contribution in [0.5, 0.6) is 0 Å². The van der Waals surface area contributed by atoms with Crippen LogP contribution in [-0.4, -0.2) is 11.5 Å². The number of nitrogens with one attached hydrogen (secondary N) is 1. The van der Waals surface area contributed by atoms with Gasteiger partial charge in [0.05, 0.1) is 11.0 Å². The summed E-state index contributed by atoms with van der Waals surface area (Å²) in [6.07, 6.45) is 0. The zero-order valence-corrected chi connectivity index (χ0v) is 14.0. The summed E-state index contributed by atoms with van der Waals surface area (Å²) in [5.41, 5.74) is 7.07. The van der Waals surface area contributed by atoms with Crippen LogP contribution < -0.4 is 5.32 Å². The molecule has 4 rings (SSSR count). The fourth-order valence-electron chi connectivity index (χ4n) is 3.39. The molecule has 2 nitrogen and oxygen atoms in total. The van der Waals surface area contributed by atoms with Gasteiger partial charge in [-0.2, -0.15) is 0 Å². The smallest absolute Gasteiger partial charge is 0.0715 e. The molecular weight excluding hydrogens is 292 g/mol. The summed E-state index contributed by atoms with van der Waals surface area (Å²) in [6.45, 7) is 5.23. The van der Waals surface area contributed by atoms with Crippen molar-refractivity contribution in [2.45, 2.75) is 13.8 Å². The van der Waals surface area contributed by atoms with Crippen molar-refractivity contribution in [3.63, 3.8) is 0 Å². The van der Waals surface area contributed by atoms with Crippen molar-refractivity contribution in [2.24, 2.45) is 0 Å². The summed E-state index contributed by atoms with van der Waals surface area (Å²) in [7, 11) is 0. The molecule has 0 bridgehead atoms. The highest BCUT2D eigenvalue weighted by Gasteiger charge is 2.12. The number of hydrogen-bond donors (Lipinski definition) is 1. The van der Waals surface area contributed by atoms with E-state index in [-0.39, 0.29) is 0 Å². The third kappa shape index (κ3) is 2.41. The molecule has 1 heterocycles. The zero-order valence-electron chi connectivity index (χ0n) is 14.0. The largest absolute Gasteiger partial charge is 0.385 e. The lowest BCUT2D eigenvalue weighted by Gasteiger charge is -2.14. The van der Waals surface area contributed by atoms with E-state index < -0.39 is 0 Å². The van der Waals surface area contributed by atoms with Gasteiger partial charge in [-0.3, -0.25) is 0 Å². The van der Waals surface area contributed by atoms with Gasteiger partial charge in [-0.1, -0.05) is 42.5 Å². The fraction of sp³-hybridized carbons (Fsp3) is 0.136. The number of aromatic nitrogens is 1. The van der Waals surface area contributed by atoms with E-state index >= 15 is 0 Å². The second-order valence-corrected chi connectivity index (χ2v) is 6.08. The molecule has 0 saturated heterocycles. The average Bonchev–Trinajstić information content (AvgIpc) is 2.61. The van der Waals surface area contributed by atoms with Crippen molar-refractivity contribution in [3.8, 4) is 11.1 Å². The van der Waals surface area contributed by atoms with Crippen LogP contribution in [0.2, 0.25) is 0 Å². The molecule has 0 spiro atoms. The number of fused-ring (bicyclic) bond motifs is 2. The fourth-order valence-corrected chi connectivity index (χ4v) is 3.39. The lowest BCUT2D eigenvalue weighted by Crippen LogP contribution is -1.97. The highest BCUT2D eigenvalue weighted by Crippen LogP contribution is 2.37. The molecule has 0 amide bonds. The second kappa shape index (κ2) is 5.97. The van der Waals surface area contributed by atoms with E-state index in [9.17, 15) is 0 Å². The Morgan fingerprint density at radius 2 is 1.46 bits per heavy atom. The van der Waals surface area contributed by atoms with Crippen LogP contribution in [-0.2, 0) is 0 Å². The summed E-state index contributed by atoms with van der Waals surface area (Å²) in [5, 5.41) is 5.80. The Bertz CT molecular complexity index is 980. The van der Waals surface area contributed by atoms with Crippen molar-refractivity contribution in [2.75, 3.05) is 11.9 Å². The van der Waals surface area contributed by atoms with Gasteiger partial charge >= 0.3 is 0 Å². The van der Waals surface area contributed by atoms with Crippen LogP contribution in [0.1, 0.15) is 12.5 Å². The maximum absolute atomic E-state index is 4.83. The zero-order chi connectivity index (χ0) is 16.5. The molecule has 4 aromatic rings. The standard InChI is InChI=1S/C22H20N2/c1-3-23-16-12-13-17(15(2)14-16)22-18-8-4-6-10-20(18)24-21-11-7-5-9-19(21)22/h4-14,23H,3H2,1-2H3. The Morgan fingerprint density at radius 1 is 0.833 bits per heavy atom. The number of hydrogen-bond acceptors (Lipinski definition) is 2. The Morgan fingerprint density at radius 3 is 2.04 bits per heavy atom. The quantitative estimate of drug-likeness (QED) is 0.484. The summed E-state index contributed by atoms with van der Waals surface area (Å²) >= 11 is 0. The molecule has 118 valence electrons. The van der Waals surface area contributed by atoms with Crippen molar-refractivity contribution in [1.29, 1.82) is 0 Å². The Balaban J connectivity index is 2.07. The van der Waals surface area contributed by atoms with Gasteiger partial charge in [0, 0.05) is 28.6 Å². The molecule has 1 N–H and O–H groups in total. The molecule has 24 heavy (non-hydrogen) atoms. The first-order valence-electron chi connectivity index (χ1n) is 8.40. The summed E-state index contributed by atoms with van der Waals surface area (Å²) in [4.78, 5) is 4.83. The number of benzene rings is 3. The van der Waals surface area contributed by atoms with Crippen molar-refractivity contribution in [1.82, 2.24) is 4.98 Å². The van der Waals surface area contributed by atoms with Gasteiger partial charge in [0.2, 0.25) is 0 Å². The van der Waals surface area contributed by atoms with Gasteiger partial charge < -0.3 is 5.32 Å². The van der Waals surface area contributed by atoms with E-state index in [1.807, 2.05) is 0 Å². The van der Waals surface area contributed by atoms with Gasteiger partial charge in [-0.15, -0.1) is 0 Å². The second-order valence-electron chi connectivity index (χ2n) is 6.08. The Labute approximate surface area is 142 Å². The van der Waals surface area contributed by atoms with Gasteiger partial charge in [-0.25, -0.2) is 4.98 Å². The number of nitrogens with zero attached hydrogens (tertiary/aromatic N) is 1. The number of rotatable bonds is 3. The van der Waals surface area contributed by atoms with Crippen LogP contribution in [0.4, 0.5) is 5.69 Å².